The monoisotopic (exact) mass is 395 g/mol. The first-order valence-electron chi connectivity index (χ1n) is 9.72. The zero-order chi connectivity index (χ0) is 21.0. The van der Waals surface area contributed by atoms with Gasteiger partial charge in [0.15, 0.2) is 0 Å². The molecule has 0 saturated heterocycles. The number of halogens is 1. The van der Waals surface area contributed by atoms with E-state index in [-0.39, 0.29) is 17.6 Å². The predicted octanol–water partition coefficient (Wildman–Crippen LogP) is 4.81. The van der Waals surface area contributed by atoms with Crippen LogP contribution in [-0.2, 0) is 6.54 Å². The Morgan fingerprint density at radius 2 is 1.86 bits per heavy atom. The Bertz CT molecular complexity index is 980. The molecule has 0 radical (unpaired) electrons. The van der Waals surface area contributed by atoms with Crippen molar-refractivity contribution in [2.75, 3.05) is 13.7 Å². The molecule has 1 heterocycles. The Labute approximate surface area is 170 Å². The molecule has 0 N–H and O–H groups in total. The van der Waals surface area contributed by atoms with Crippen molar-refractivity contribution < 1.29 is 13.9 Å². The summed E-state index contributed by atoms with van der Waals surface area (Å²) in [5.41, 5.74) is 3.01. The zero-order valence-corrected chi connectivity index (χ0v) is 17.2. The van der Waals surface area contributed by atoms with Crippen LogP contribution in [0.5, 0.6) is 5.75 Å². The van der Waals surface area contributed by atoms with E-state index in [1.54, 1.807) is 35.0 Å². The summed E-state index contributed by atoms with van der Waals surface area (Å²) >= 11 is 0. The van der Waals surface area contributed by atoms with Crippen LogP contribution in [0.25, 0.3) is 5.69 Å². The van der Waals surface area contributed by atoms with Crippen molar-refractivity contribution in [1.29, 1.82) is 0 Å². The molecular weight excluding hydrogens is 369 g/mol. The number of nitrogens with zero attached hydrogens (tertiary/aromatic N) is 3. The van der Waals surface area contributed by atoms with E-state index in [1.807, 2.05) is 45.0 Å². The molecular formula is C23H26FN3O2. The minimum atomic E-state index is -0.309. The van der Waals surface area contributed by atoms with E-state index >= 15 is 0 Å². The number of carbonyl (C=O) groups excluding carboxylic acids is 1. The van der Waals surface area contributed by atoms with Crippen molar-refractivity contribution in [2.45, 2.75) is 33.2 Å². The van der Waals surface area contributed by atoms with Crippen LogP contribution in [0.4, 0.5) is 4.39 Å². The van der Waals surface area contributed by atoms with E-state index in [9.17, 15) is 9.18 Å². The fourth-order valence-electron chi connectivity index (χ4n) is 3.33. The average Bonchev–Trinajstić information content (AvgIpc) is 3.15. The molecule has 29 heavy (non-hydrogen) atoms. The number of amides is 1. The molecule has 3 aromatic rings. The van der Waals surface area contributed by atoms with Crippen molar-refractivity contribution in [3.63, 3.8) is 0 Å². The van der Waals surface area contributed by atoms with Crippen molar-refractivity contribution in [3.05, 3.63) is 77.4 Å². The van der Waals surface area contributed by atoms with Crippen LogP contribution in [0.1, 0.15) is 48.3 Å². The van der Waals surface area contributed by atoms with Crippen LogP contribution in [0.15, 0.2) is 54.7 Å². The summed E-state index contributed by atoms with van der Waals surface area (Å²) in [6, 6.07) is 13.8. The summed E-state index contributed by atoms with van der Waals surface area (Å²) in [6.45, 7) is 6.95. The van der Waals surface area contributed by atoms with E-state index in [0.717, 1.165) is 22.7 Å². The van der Waals surface area contributed by atoms with E-state index in [0.29, 0.717) is 18.7 Å². The van der Waals surface area contributed by atoms with E-state index in [4.69, 9.17) is 4.74 Å². The van der Waals surface area contributed by atoms with Gasteiger partial charge in [0.05, 0.1) is 29.7 Å². The molecule has 0 aliphatic carbocycles. The van der Waals surface area contributed by atoms with Gasteiger partial charge in [0.2, 0.25) is 0 Å². The third-order valence-corrected chi connectivity index (χ3v) is 4.68. The van der Waals surface area contributed by atoms with Crippen LogP contribution in [-0.4, -0.2) is 34.2 Å². The average molecular weight is 395 g/mol. The largest absolute Gasteiger partial charge is 0.494 e. The highest BCUT2D eigenvalue weighted by Crippen LogP contribution is 2.26. The third-order valence-electron chi connectivity index (χ3n) is 4.68. The molecule has 0 saturated carbocycles. The lowest BCUT2D eigenvalue weighted by Crippen LogP contribution is -2.27. The van der Waals surface area contributed by atoms with Gasteiger partial charge in [-0.15, -0.1) is 0 Å². The molecule has 152 valence electrons. The lowest BCUT2D eigenvalue weighted by Gasteiger charge is -2.20. The normalized spacial score (nSPS) is 11.0. The van der Waals surface area contributed by atoms with Crippen molar-refractivity contribution in [2.24, 2.45) is 0 Å². The number of hydrogen-bond acceptors (Lipinski definition) is 3. The maximum atomic E-state index is 13.3. The van der Waals surface area contributed by atoms with E-state index in [1.165, 1.54) is 12.1 Å². The van der Waals surface area contributed by atoms with Gasteiger partial charge in [0.25, 0.3) is 5.91 Å². The molecule has 0 bridgehead atoms. The SMILES string of the molecule is CCOc1ccccc1CN(C)C(=O)c1cnn(-c2ccc(F)cc2)c1C(C)C. The number of para-hydroxylation sites is 1. The molecule has 6 heteroatoms. The first-order chi connectivity index (χ1) is 13.9. The maximum Gasteiger partial charge on any atom is 0.257 e. The van der Waals surface area contributed by atoms with Gasteiger partial charge >= 0.3 is 0 Å². The molecule has 0 aliphatic heterocycles. The number of aromatic nitrogens is 2. The number of rotatable bonds is 7. The minimum Gasteiger partial charge on any atom is -0.494 e. The lowest BCUT2D eigenvalue weighted by atomic mass is 10.0. The molecule has 2 aromatic carbocycles. The second kappa shape index (κ2) is 8.90. The highest BCUT2D eigenvalue weighted by molar-refractivity contribution is 5.95. The molecule has 1 amide bonds. The van der Waals surface area contributed by atoms with Crippen LogP contribution in [0, 0.1) is 5.82 Å². The Morgan fingerprint density at radius 1 is 1.17 bits per heavy atom. The Balaban J connectivity index is 1.90. The van der Waals surface area contributed by atoms with Gasteiger partial charge in [0.1, 0.15) is 11.6 Å². The van der Waals surface area contributed by atoms with Gasteiger partial charge in [0, 0.05) is 19.2 Å². The molecule has 0 atom stereocenters. The standard InChI is InChI=1S/C23H26FN3O2/c1-5-29-21-9-7-6-8-17(21)15-26(4)23(28)20-14-25-27(22(20)16(2)3)19-12-10-18(24)11-13-19/h6-14,16H,5,15H2,1-4H3. The third kappa shape index (κ3) is 4.47. The first kappa shape index (κ1) is 20.6. The van der Waals surface area contributed by atoms with Gasteiger partial charge in [-0.05, 0) is 43.2 Å². The second-order valence-corrected chi connectivity index (χ2v) is 7.19. The zero-order valence-electron chi connectivity index (χ0n) is 17.2. The van der Waals surface area contributed by atoms with Crippen LogP contribution >= 0.6 is 0 Å². The Hall–Kier alpha value is -3.15. The van der Waals surface area contributed by atoms with Gasteiger partial charge in [-0.3, -0.25) is 4.79 Å². The van der Waals surface area contributed by atoms with Crippen LogP contribution in [0.2, 0.25) is 0 Å². The molecule has 0 aliphatic rings. The van der Waals surface area contributed by atoms with E-state index in [2.05, 4.69) is 5.10 Å². The van der Waals surface area contributed by atoms with Crippen molar-refractivity contribution in [1.82, 2.24) is 14.7 Å². The van der Waals surface area contributed by atoms with Gasteiger partial charge in [-0.25, -0.2) is 9.07 Å². The smallest absolute Gasteiger partial charge is 0.257 e. The Kier molecular flexibility index (Phi) is 6.32. The van der Waals surface area contributed by atoms with Gasteiger partial charge in [-0.2, -0.15) is 5.10 Å². The topological polar surface area (TPSA) is 47.4 Å². The lowest BCUT2D eigenvalue weighted by molar-refractivity contribution is 0.0782. The molecule has 3 rings (SSSR count). The van der Waals surface area contributed by atoms with Crippen molar-refractivity contribution in [3.8, 4) is 11.4 Å². The summed E-state index contributed by atoms with van der Waals surface area (Å²) in [5.74, 6) is 0.413. The molecule has 0 unspecified atom stereocenters. The number of hydrogen-bond donors (Lipinski definition) is 0. The first-order valence-corrected chi connectivity index (χ1v) is 9.72. The summed E-state index contributed by atoms with van der Waals surface area (Å²) < 4.78 is 20.7. The Morgan fingerprint density at radius 3 is 2.52 bits per heavy atom. The van der Waals surface area contributed by atoms with Crippen molar-refractivity contribution >= 4 is 5.91 Å². The second-order valence-electron chi connectivity index (χ2n) is 7.19. The number of carbonyl (C=O) groups is 1. The molecule has 5 nitrogen and oxygen atoms in total. The number of ether oxygens (including phenoxy) is 1. The summed E-state index contributed by atoms with van der Waals surface area (Å²) in [6.07, 6.45) is 1.59. The summed E-state index contributed by atoms with van der Waals surface area (Å²) in [5, 5.41) is 4.42. The fourth-order valence-corrected chi connectivity index (χ4v) is 3.33. The molecule has 0 spiro atoms. The minimum absolute atomic E-state index is 0.0608. The van der Waals surface area contributed by atoms with Crippen LogP contribution < -0.4 is 4.74 Å². The highest BCUT2D eigenvalue weighted by Gasteiger charge is 2.24. The highest BCUT2D eigenvalue weighted by atomic mass is 19.1. The summed E-state index contributed by atoms with van der Waals surface area (Å²) in [4.78, 5) is 14.9. The summed E-state index contributed by atoms with van der Waals surface area (Å²) in [7, 11) is 1.77. The quantitative estimate of drug-likeness (QED) is 0.577. The van der Waals surface area contributed by atoms with Crippen LogP contribution in [0.3, 0.4) is 0 Å². The van der Waals surface area contributed by atoms with E-state index < -0.39 is 0 Å². The fraction of sp³-hybridized carbons (Fsp3) is 0.304. The maximum absolute atomic E-state index is 13.3. The molecule has 1 aromatic heterocycles. The van der Waals surface area contributed by atoms with Gasteiger partial charge in [-0.1, -0.05) is 32.0 Å². The predicted molar refractivity (Wildman–Crippen MR) is 111 cm³/mol. The van der Waals surface area contributed by atoms with Gasteiger partial charge < -0.3 is 9.64 Å². The molecule has 0 fully saturated rings. The number of benzene rings is 2.